The molecule has 0 saturated carbocycles. The van der Waals surface area contributed by atoms with Crippen LogP contribution in [-0.2, 0) is 20.1 Å². The first-order chi connectivity index (χ1) is 8.63. The van der Waals surface area contributed by atoms with Gasteiger partial charge in [0.15, 0.2) is 5.82 Å². The standard InChI is InChI=1S/C11H19N7/c1-4-5-18-11(10(12)8(2)16-18)13-6-9-15-14-7-17(9)3/h7,13H,4-6,12H2,1-3H3. The highest BCUT2D eigenvalue weighted by Crippen LogP contribution is 2.22. The predicted octanol–water partition coefficient (Wildman–Crippen LogP) is 0.924. The van der Waals surface area contributed by atoms with Crippen molar-refractivity contribution in [2.24, 2.45) is 7.05 Å². The van der Waals surface area contributed by atoms with Gasteiger partial charge < -0.3 is 15.6 Å². The van der Waals surface area contributed by atoms with Gasteiger partial charge in [-0.3, -0.25) is 0 Å². The number of anilines is 2. The second-order valence-corrected chi connectivity index (χ2v) is 4.28. The van der Waals surface area contributed by atoms with Gasteiger partial charge in [0.1, 0.15) is 12.1 Å². The van der Waals surface area contributed by atoms with E-state index in [1.165, 1.54) is 0 Å². The van der Waals surface area contributed by atoms with E-state index in [1.807, 2.05) is 23.2 Å². The maximum Gasteiger partial charge on any atom is 0.151 e. The van der Waals surface area contributed by atoms with E-state index < -0.39 is 0 Å². The average molecular weight is 249 g/mol. The molecule has 2 rings (SSSR count). The summed E-state index contributed by atoms with van der Waals surface area (Å²) < 4.78 is 3.78. The van der Waals surface area contributed by atoms with E-state index in [2.05, 4.69) is 27.5 Å². The van der Waals surface area contributed by atoms with Crippen LogP contribution in [0.3, 0.4) is 0 Å². The minimum absolute atomic E-state index is 0.579. The van der Waals surface area contributed by atoms with Crippen LogP contribution in [0.5, 0.6) is 0 Å². The van der Waals surface area contributed by atoms with Crippen LogP contribution in [0.4, 0.5) is 11.5 Å². The number of aryl methyl sites for hydroxylation is 3. The lowest BCUT2D eigenvalue weighted by atomic mass is 10.4. The summed E-state index contributed by atoms with van der Waals surface area (Å²) >= 11 is 0. The van der Waals surface area contributed by atoms with Crippen LogP contribution in [0.1, 0.15) is 24.9 Å². The first kappa shape index (κ1) is 12.4. The number of nitrogens with one attached hydrogen (secondary N) is 1. The van der Waals surface area contributed by atoms with Gasteiger partial charge in [-0.25, -0.2) is 4.68 Å². The molecule has 0 aromatic carbocycles. The van der Waals surface area contributed by atoms with Crippen molar-refractivity contribution in [3.63, 3.8) is 0 Å². The zero-order chi connectivity index (χ0) is 13.1. The quantitative estimate of drug-likeness (QED) is 0.823. The molecule has 7 nitrogen and oxygen atoms in total. The van der Waals surface area contributed by atoms with Gasteiger partial charge in [-0.15, -0.1) is 10.2 Å². The Morgan fingerprint density at radius 1 is 1.44 bits per heavy atom. The maximum atomic E-state index is 6.02. The zero-order valence-electron chi connectivity index (χ0n) is 11.0. The van der Waals surface area contributed by atoms with Gasteiger partial charge in [0.2, 0.25) is 0 Å². The third-order valence-corrected chi connectivity index (χ3v) is 2.83. The summed E-state index contributed by atoms with van der Waals surface area (Å²) in [4.78, 5) is 0. The highest BCUT2D eigenvalue weighted by molar-refractivity contribution is 5.64. The summed E-state index contributed by atoms with van der Waals surface area (Å²) in [7, 11) is 1.91. The third kappa shape index (κ3) is 2.29. The molecule has 0 aliphatic carbocycles. The van der Waals surface area contributed by atoms with Gasteiger partial charge in [0.05, 0.1) is 17.9 Å². The van der Waals surface area contributed by atoms with E-state index in [-0.39, 0.29) is 0 Å². The molecule has 3 N–H and O–H groups in total. The molecular weight excluding hydrogens is 230 g/mol. The topological polar surface area (TPSA) is 86.6 Å². The Bertz CT molecular complexity index is 525. The normalized spacial score (nSPS) is 10.8. The summed E-state index contributed by atoms with van der Waals surface area (Å²) in [5.41, 5.74) is 7.57. The van der Waals surface area contributed by atoms with Crippen molar-refractivity contribution < 1.29 is 0 Å². The van der Waals surface area contributed by atoms with Crippen LogP contribution in [0, 0.1) is 6.92 Å². The number of hydrogen-bond acceptors (Lipinski definition) is 5. The van der Waals surface area contributed by atoms with Crippen molar-refractivity contribution in [2.75, 3.05) is 11.1 Å². The molecule has 18 heavy (non-hydrogen) atoms. The number of hydrogen-bond donors (Lipinski definition) is 2. The smallest absolute Gasteiger partial charge is 0.151 e. The van der Waals surface area contributed by atoms with Crippen molar-refractivity contribution in [3.05, 3.63) is 17.8 Å². The molecule has 7 heteroatoms. The minimum Gasteiger partial charge on any atom is -0.394 e. The molecule has 98 valence electrons. The van der Waals surface area contributed by atoms with Crippen LogP contribution >= 0.6 is 0 Å². The molecule has 0 aliphatic heterocycles. The third-order valence-electron chi connectivity index (χ3n) is 2.83. The van der Waals surface area contributed by atoms with Crippen molar-refractivity contribution >= 4 is 11.5 Å². The summed E-state index contributed by atoms with van der Waals surface area (Å²) in [5.74, 6) is 1.72. The Labute approximate surface area is 106 Å². The monoisotopic (exact) mass is 249 g/mol. The van der Waals surface area contributed by atoms with E-state index in [1.54, 1.807) is 6.33 Å². The number of nitrogens with two attached hydrogens (primary N) is 1. The summed E-state index contributed by atoms with van der Waals surface area (Å²) in [5, 5.41) is 15.6. The van der Waals surface area contributed by atoms with Crippen molar-refractivity contribution in [1.29, 1.82) is 0 Å². The molecule has 0 radical (unpaired) electrons. The van der Waals surface area contributed by atoms with E-state index >= 15 is 0 Å². The first-order valence-corrected chi connectivity index (χ1v) is 6.03. The molecule has 0 unspecified atom stereocenters. The SMILES string of the molecule is CCCn1nc(C)c(N)c1NCc1nncn1C. The van der Waals surface area contributed by atoms with E-state index in [0.717, 1.165) is 30.3 Å². The molecule has 0 aliphatic rings. The van der Waals surface area contributed by atoms with Gasteiger partial charge in [-0.05, 0) is 13.3 Å². The van der Waals surface area contributed by atoms with Gasteiger partial charge in [0.25, 0.3) is 0 Å². The number of nitrogen functional groups attached to an aromatic ring is 1. The number of rotatable bonds is 5. The maximum absolute atomic E-state index is 6.02. The van der Waals surface area contributed by atoms with Crippen LogP contribution in [0.2, 0.25) is 0 Å². The van der Waals surface area contributed by atoms with Gasteiger partial charge in [-0.1, -0.05) is 6.92 Å². The molecule has 2 aromatic rings. The molecule has 2 heterocycles. The Morgan fingerprint density at radius 3 is 2.83 bits per heavy atom. The van der Waals surface area contributed by atoms with Crippen molar-refractivity contribution in [1.82, 2.24) is 24.5 Å². The summed E-state index contributed by atoms with van der Waals surface area (Å²) in [6.45, 7) is 5.45. The fourth-order valence-corrected chi connectivity index (χ4v) is 1.79. The van der Waals surface area contributed by atoms with Gasteiger partial charge in [0, 0.05) is 13.6 Å². The van der Waals surface area contributed by atoms with E-state index in [9.17, 15) is 0 Å². The molecule has 0 fully saturated rings. The second-order valence-electron chi connectivity index (χ2n) is 4.28. The molecule has 0 atom stereocenters. The Kier molecular flexibility index (Phi) is 3.50. The Hall–Kier alpha value is -2.05. The number of nitrogens with zero attached hydrogens (tertiary/aromatic N) is 5. The summed E-state index contributed by atoms with van der Waals surface area (Å²) in [6, 6.07) is 0. The number of aromatic nitrogens is 5. The van der Waals surface area contributed by atoms with Gasteiger partial charge >= 0.3 is 0 Å². The van der Waals surface area contributed by atoms with Crippen LogP contribution in [0.15, 0.2) is 6.33 Å². The first-order valence-electron chi connectivity index (χ1n) is 6.03. The highest BCUT2D eigenvalue weighted by Gasteiger charge is 2.12. The molecule has 0 saturated heterocycles. The molecular formula is C11H19N7. The molecule has 0 amide bonds. The lowest BCUT2D eigenvalue weighted by Gasteiger charge is -2.09. The molecule has 0 bridgehead atoms. The highest BCUT2D eigenvalue weighted by atomic mass is 15.3. The summed E-state index contributed by atoms with van der Waals surface area (Å²) in [6.07, 6.45) is 2.69. The van der Waals surface area contributed by atoms with Crippen molar-refractivity contribution in [2.45, 2.75) is 33.4 Å². The largest absolute Gasteiger partial charge is 0.394 e. The van der Waals surface area contributed by atoms with Gasteiger partial charge in [-0.2, -0.15) is 5.10 Å². The van der Waals surface area contributed by atoms with E-state index in [4.69, 9.17) is 5.73 Å². The predicted molar refractivity (Wildman–Crippen MR) is 70.0 cm³/mol. The van der Waals surface area contributed by atoms with E-state index in [0.29, 0.717) is 12.2 Å². The van der Waals surface area contributed by atoms with Crippen LogP contribution in [-0.4, -0.2) is 24.5 Å². The molecule has 2 aromatic heterocycles. The minimum atomic E-state index is 0.579. The molecule has 0 spiro atoms. The second kappa shape index (κ2) is 5.07. The fraction of sp³-hybridized carbons (Fsp3) is 0.545. The Balaban J connectivity index is 2.15. The zero-order valence-corrected chi connectivity index (χ0v) is 11.0. The van der Waals surface area contributed by atoms with Crippen LogP contribution in [0.25, 0.3) is 0 Å². The lowest BCUT2D eigenvalue weighted by Crippen LogP contribution is -2.11. The Morgan fingerprint density at radius 2 is 2.22 bits per heavy atom. The fourth-order valence-electron chi connectivity index (χ4n) is 1.79. The van der Waals surface area contributed by atoms with Crippen molar-refractivity contribution in [3.8, 4) is 0 Å². The lowest BCUT2D eigenvalue weighted by molar-refractivity contribution is 0.601. The average Bonchev–Trinajstić information content (AvgIpc) is 2.85. The van der Waals surface area contributed by atoms with Crippen LogP contribution < -0.4 is 11.1 Å².